The van der Waals surface area contributed by atoms with Crippen LogP contribution in [0.4, 0.5) is 0 Å². The Morgan fingerprint density at radius 2 is 2.33 bits per heavy atom. The van der Waals surface area contributed by atoms with Gasteiger partial charge in [0.1, 0.15) is 5.76 Å². The lowest BCUT2D eigenvalue weighted by Crippen LogP contribution is -2.22. The quantitative estimate of drug-likeness (QED) is 0.744. The normalized spacial score (nSPS) is 19.5. The van der Waals surface area contributed by atoms with Crippen LogP contribution >= 0.6 is 0 Å². The van der Waals surface area contributed by atoms with E-state index in [0.717, 1.165) is 18.6 Å². The molecule has 2 N–H and O–H groups in total. The van der Waals surface area contributed by atoms with Crippen LogP contribution in [0.2, 0.25) is 0 Å². The highest BCUT2D eigenvalue weighted by atomic mass is 16.3. The predicted molar refractivity (Wildman–Crippen MR) is 47.9 cm³/mol. The van der Waals surface area contributed by atoms with Crippen molar-refractivity contribution in [2.45, 2.75) is 38.1 Å². The van der Waals surface area contributed by atoms with Gasteiger partial charge in [0.25, 0.3) is 0 Å². The molecule has 1 aliphatic carbocycles. The van der Waals surface area contributed by atoms with Gasteiger partial charge in [0.2, 0.25) is 0 Å². The molecule has 1 heterocycles. The summed E-state index contributed by atoms with van der Waals surface area (Å²) in [7, 11) is 0. The summed E-state index contributed by atoms with van der Waals surface area (Å²) < 4.78 is 5.21. The van der Waals surface area contributed by atoms with Crippen LogP contribution in [0.25, 0.3) is 0 Å². The Labute approximate surface area is 72.7 Å². The largest absolute Gasteiger partial charge is 0.469 e. The van der Waals surface area contributed by atoms with E-state index in [1.165, 1.54) is 18.4 Å². The highest BCUT2D eigenvalue weighted by Gasteiger charge is 2.37. The minimum atomic E-state index is 0.170. The maximum absolute atomic E-state index is 5.98. The molecular weight excluding hydrogens is 150 g/mol. The van der Waals surface area contributed by atoms with Crippen molar-refractivity contribution in [2.75, 3.05) is 0 Å². The summed E-state index contributed by atoms with van der Waals surface area (Å²) in [5.74, 6) is 1.04. The van der Waals surface area contributed by atoms with E-state index in [2.05, 4.69) is 0 Å². The lowest BCUT2D eigenvalue weighted by molar-refractivity contribution is 0.525. The van der Waals surface area contributed by atoms with Crippen molar-refractivity contribution in [3.05, 3.63) is 23.7 Å². The van der Waals surface area contributed by atoms with Gasteiger partial charge in [-0.15, -0.1) is 0 Å². The highest BCUT2D eigenvalue weighted by molar-refractivity contribution is 5.17. The van der Waals surface area contributed by atoms with E-state index >= 15 is 0 Å². The Morgan fingerprint density at radius 1 is 1.58 bits per heavy atom. The molecule has 0 amide bonds. The smallest absolute Gasteiger partial charge is 0.103 e. The summed E-state index contributed by atoms with van der Waals surface area (Å²) >= 11 is 0. The molecule has 12 heavy (non-hydrogen) atoms. The summed E-state index contributed by atoms with van der Waals surface area (Å²) in [6.45, 7) is 2.01. The first kappa shape index (κ1) is 7.87. The topological polar surface area (TPSA) is 39.2 Å². The first-order chi connectivity index (χ1) is 5.70. The number of hydrogen-bond donors (Lipinski definition) is 1. The van der Waals surface area contributed by atoms with Crippen LogP contribution in [0.5, 0.6) is 0 Å². The number of nitrogens with two attached hydrogens (primary N) is 1. The molecule has 0 saturated heterocycles. The highest BCUT2D eigenvalue weighted by Crippen LogP contribution is 2.36. The monoisotopic (exact) mass is 165 g/mol. The maximum atomic E-state index is 5.98. The average molecular weight is 165 g/mol. The number of furan rings is 1. The molecule has 0 spiro atoms. The van der Waals surface area contributed by atoms with E-state index in [4.69, 9.17) is 10.2 Å². The van der Waals surface area contributed by atoms with Crippen molar-refractivity contribution in [1.82, 2.24) is 0 Å². The summed E-state index contributed by atoms with van der Waals surface area (Å²) in [5, 5.41) is 0. The van der Waals surface area contributed by atoms with Gasteiger partial charge >= 0.3 is 0 Å². The first-order valence-electron chi connectivity index (χ1n) is 4.51. The molecule has 1 fully saturated rings. The van der Waals surface area contributed by atoms with E-state index in [1.807, 2.05) is 13.0 Å². The van der Waals surface area contributed by atoms with Crippen LogP contribution in [0, 0.1) is 6.92 Å². The zero-order valence-electron chi connectivity index (χ0n) is 7.47. The summed E-state index contributed by atoms with van der Waals surface area (Å²) in [6, 6.07) is 2.04. The SMILES string of the molecule is Cc1occc1CCC1(N)CC1. The molecule has 2 rings (SSSR count). The molecule has 0 unspecified atom stereocenters. The van der Waals surface area contributed by atoms with E-state index in [-0.39, 0.29) is 5.54 Å². The average Bonchev–Trinajstić information content (AvgIpc) is 2.61. The second kappa shape index (κ2) is 2.63. The second-order valence-electron chi connectivity index (χ2n) is 3.86. The Kier molecular flexibility index (Phi) is 1.72. The molecule has 0 atom stereocenters. The molecule has 1 saturated carbocycles. The minimum Gasteiger partial charge on any atom is -0.469 e. The second-order valence-corrected chi connectivity index (χ2v) is 3.86. The lowest BCUT2D eigenvalue weighted by Gasteiger charge is -2.06. The molecule has 1 aromatic heterocycles. The lowest BCUT2D eigenvalue weighted by atomic mass is 10.1. The zero-order valence-corrected chi connectivity index (χ0v) is 7.47. The molecular formula is C10H15NO. The van der Waals surface area contributed by atoms with Gasteiger partial charge < -0.3 is 10.2 Å². The summed E-state index contributed by atoms with van der Waals surface area (Å²) in [6.07, 6.45) is 6.32. The van der Waals surface area contributed by atoms with Crippen LogP contribution in [-0.4, -0.2) is 5.54 Å². The Morgan fingerprint density at radius 3 is 2.83 bits per heavy atom. The van der Waals surface area contributed by atoms with Gasteiger partial charge in [-0.05, 0) is 44.2 Å². The van der Waals surface area contributed by atoms with Gasteiger partial charge in [-0.3, -0.25) is 0 Å². The molecule has 66 valence electrons. The molecule has 2 heteroatoms. The fraction of sp³-hybridized carbons (Fsp3) is 0.600. The number of hydrogen-bond acceptors (Lipinski definition) is 2. The van der Waals surface area contributed by atoms with Crippen LogP contribution in [0.1, 0.15) is 30.6 Å². The van der Waals surface area contributed by atoms with Crippen molar-refractivity contribution in [1.29, 1.82) is 0 Å². The molecule has 0 bridgehead atoms. The summed E-state index contributed by atoms with van der Waals surface area (Å²) in [5.41, 5.74) is 7.46. The van der Waals surface area contributed by atoms with Gasteiger partial charge in [0.05, 0.1) is 6.26 Å². The van der Waals surface area contributed by atoms with Crippen molar-refractivity contribution in [2.24, 2.45) is 5.73 Å². The molecule has 1 aliphatic rings. The van der Waals surface area contributed by atoms with Crippen LogP contribution in [0.3, 0.4) is 0 Å². The number of rotatable bonds is 3. The molecule has 1 aromatic rings. The van der Waals surface area contributed by atoms with Crippen molar-refractivity contribution >= 4 is 0 Å². The van der Waals surface area contributed by atoms with Crippen molar-refractivity contribution < 1.29 is 4.42 Å². The first-order valence-corrected chi connectivity index (χ1v) is 4.51. The van der Waals surface area contributed by atoms with Crippen LogP contribution in [-0.2, 0) is 6.42 Å². The van der Waals surface area contributed by atoms with Crippen LogP contribution in [0.15, 0.2) is 16.7 Å². The van der Waals surface area contributed by atoms with Gasteiger partial charge in [-0.2, -0.15) is 0 Å². The predicted octanol–water partition coefficient (Wildman–Crippen LogP) is 2.01. The standard InChI is InChI=1S/C10H15NO/c1-8-9(3-7-12-8)2-4-10(11)5-6-10/h3,7H,2,4-6,11H2,1H3. The Balaban J connectivity index is 1.91. The van der Waals surface area contributed by atoms with E-state index in [9.17, 15) is 0 Å². The molecule has 0 radical (unpaired) electrons. The third-order valence-corrected chi connectivity index (χ3v) is 2.75. The van der Waals surface area contributed by atoms with Gasteiger partial charge in [-0.25, -0.2) is 0 Å². The zero-order chi connectivity index (χ0) is 8.60. The third kappa shape index (κ3) is 1.53. The fourth-order valence-electron chi connectivity index (χ4n) is 1.46. The fourth-order valence-corrected chi connectivity index (χ4v) is 1.46. The van der Waals surface area contributed by atoms with Gasteiger partial charge in [-0.1, -0.05) is 0 Å². The number of aryl methyl sites for hydroxylation is 2. The van der Waals surface area contributed by atoms with E-state index in [0.29, 0.717) is 0 Å². The van der Waals surface area contributed by atoms with Crippen molar-refractivity contribution in [3.8, 4) is 0 Å². The van der Waals surface area contributed by atoms with Gasteiger partial charge in [0, 0.05) is 5.54 Å². The van der Waals surface area contributed by atoms with E-state index in [1.54, 1.807) is 6.26 Å². The summed E-state index contributed by atoms with van der Waals surface area (Å²) in [4.78, 5) is 0. The van der Waals surface area contributed by atoms with Crippen LogP contribution < -0.4 is 5.73 Å². The minimum absolute atomic E-state index is 0.170. The Bertz CT molecular complexity index is 273. The van der Waals surface area contributed by atoms with Crippen molar-refractivity contribution in [3.63, 3.8) is 0 Å². The molecule has 0 aromatic carbocycles. The van der Waals surface area contributed by atoms with Gasteiger partial charge in [0.15, 0.2) is 0 Å². The maximum Gasteiger partial charge on any atom is 0.103 e. The Hall–Kier alpha value is -0.760. The third-order valence-electron chi connectivity index (χ3n) is 2.75. The molecule has 2 nitrogen and oxygen atoms in total. The molecule has 0 aliphatic heterocycles. The van der Waals surface area contributed by atoms with E-state index < -0.39 is 0 Å².